The van der Waals surface area contributed by atoms with Crippen molar-refractivity contribution < 1.29 is 36.0 Å². The largest absolute Gasteiger partial charge is 0.437 e. The van der Waals surface area contributed by atoms with Crippen LogP contribution < -0.4 is 10.6 Å². The van der Waals surface area contributed by atoms with Gasteiger partial charge in [-0.15, -0.1) is 0 Å². The second-order valence-corrected chi connectivity index (χ2v) is 10.0. The van der Waals surface area contributed by atoms with E-state index in [2.05, 4.69) is 15.6 Å². The number of carbonyl (C=O) groups is 2. The van der Waals surface area contributed by atoms with Crippen LogP contribution in [-0.4, -0.2) is 35.6 Å². The number of aromatic nitrogens is 1. The molecule has 0 radical (unpaired) electrons. The monoisotopic (exact) mass is 582 g/mol. The lowest BCUT2D eigenvalue weighted by atomic mass is 9.78. The van der Waals surface area contributed by atoms with Gasteiger partial charge in [0.1, 0.15) is 22.9 Å². The van der Waals surface area contributed by atoms with Crippen LogP contribution in [0.3, 0.4) is 0 Å². The number of pyridine rings is 1. The molecule has 2 aromatic heterocycles. The predicted molar refractivity (Wildman–Crippen MR) is 142 cm³/mol. The maximum absolute atomic E-state index is 14.8. The molecule has 42 heavy (non-hydrogen) atoms. The van der Waals surface area contributed by atoms with Gasteiger partial charge in [0.15, 0.2) is 0 Å². The molecule has 5 rings (SSSR count). The maximum Gasteiger partial charge on any atom is 0.389 e. The summed E-state index contributed by atoms with van der Waals surface area (Å²) in [6.07, 6.45) is -4.77. The summed E-state index contributed by atoms with van der Waals surface area (Å²) >= 11 is 0. The molecule has 0 unspecified atom stereocenters. The summed E-state index contributed by atoms with van der Waals surface area (Å²) in [5.74, 6) is -2.82. The molecule has 2 aromatic carbocycles. The topological polar surface area (TPSA) is 108 Å². The van der Waals surface area contributed by atoms with Gasteiger partial charge >= 0.3 is 6.18 Å². The number of nitrogens with zero attached hydrogens (tertiary/aromatic N) is 2. The van der Waals surface area contributed by atoms with Crippen LogP contribution in [0.2, 0.25) is 0 Å². The summed E-state index contributed by atoms with van der Waals surface area (Å²) in [4.78, 5) is 30.3. The van der Waals surface area contributed by atoms with Crippen molar-refractivity contribution in [3.63, 3.8) is 0 Å². The van der Waals surface area contributed by atoms with Gasteiger partial charge in [-0.3, -0.25) is 9.59 Å². The highest BCUT2D eigenvalue weighted by Gasteiger charge is 2.39. The number of fused-ring (bicyclic) bond motifs is 1. The van der Waals surface area contributed by atoms with E-state index in [-0.39, 0.29) is 39.2 Å². The fraction of sp³-hybridized carbons (Fsp3) is 0.267. The first-order chi connectivity index (χ1) is 19.9. The van der Waals surface area contributed by atoms with Crippen LogP contribution in [0.4, 0.5) is 22.0 Å². The number of benzene rings is 2. The molecule has 0 aliphatic heterocycles. The summed E-state index contributed by atoms with van der Waals surface area (Å²) in [6.45, 7) is 0. The minimum atomic E-state index is -4.52. The Labute approximate surface area is 236 Å². The second-order valence-electron chi connectivity index (χ2n) is 10.0. The number of carbonyl (C=O) groups excluding carboxylic acids is 2. The van der Waals surface area contributed by atoms with Gasteiger partial charge in [-0.2, -0.15) is 18.4 Å². The van der Waals surface area contributed by atoms with E-state index in [1.54, 1.807) is 0 Å². The molecular weight excluding hydrogens is 559 g/mol. The van der Waals surface area contributed by atoms with Gasteiger partial charge in [0, 0.05) is 24.6 Å². The lowest BCUT2D eigenvalue weighted by molar-refractivity contribution is -0.134. The van der Waals surface area contributed by atoms with E-state index in [9.17, 15) is 36.8 Å². The average molecular weight is 583 g/mol. The molecule has 0 saturated heterocycles. The first kappa shape index (κ1) is 28.7. The van der Waals surface area contributed by atoms with Crippen molar-refractivity contribution in [1.82, 2.24) is 15.6 Å². The van der Waals surface area contributed by atoms with E-state index in [0.29, 0.717) is 18.4 Å². The fourth-order valence-corrected chi connectivity index (χ4v) is 4.86. The minimum Gasteiger partial charge on any atom is -0.437 e. The van der Waals surface area contributed by atoms with Gasteiger partial charge in [-0.25, -0.2) is 13.8 Å². The Balaban J connectivity index is 1.68. The summed E-state index contributed by atoms with van der Waals surface area (Å²) < 4.78 is 74.0. The maximum atomic E-state index is 14.8. The predicted octanol–water partition coefficient (Wildman–Crippen LogP) is 6.47. The van der Waals surface area contributed by atoms with E-state index >= 15 is 0 Å². The first-order valence-electron chi connectivity index (χ1n) is 13.0. The molecule has 0 spiro atoms. The third-order valence-corrected chi connectivity index (χ3v) is 7.26. The lowest BCUT2D eigenvalue weighted by Crippen LogP contribution is -2.52. The number of halogens is 5. The van der Waals surface area contributed by atoms with Crippen molar-refractivity contribution >= 4 is 22.9 Å². The normalized spacial score (nSPS) is 14.2. The molecule has 1 aliphatic carbocycles. The van der Waals surface area contributed by atoms with Crippen LogP contribution in [0.5, 0.6) is 0 Å². The smallest absolute Gasteiger partial charge is 0.389 e. The van der Waals surface area contributed by atoms with Gasteiger partial charge in [0.2, 0.25) is 5.71 Å². The van der Waals surface area contributed by atoms with E-state index < -0.39 is 53.6 Å². The second kappa shape index (κ2) is 10.9. The summed E-state index contributed by atoms with van der Waals surface area (Å²) in [5, 5.41) is 14.7. The third kappa shape index (κ3) is 5.54. The highest BCUT2D eigenvalue weighted by atomic mass is 19.4. The quantitative estimate of drug-likeness (QED) is 0.243. The Kier molecular flexibility index (Phi) is 7.45. The molecule has 0 bridgehead atoms. The minimum absolute atomic E-state index is 0.0104. The molecule has 0 atom stereocenters. The standard InChI is InChI=1S/C30H23F5N4O3/c1-37-27(41)24-21-14-19(17-5-8-22(32)20(13-17)26(40)39-29(15-36)10-2-11-29)23(9-12-30(33,34)35)38-28(21)42-25(24)16-3-6-18(31)7-4-16/h3-8,13-14H,2,9-12H2,1H3,(H,37,41)(H,39,40). The third-order valence-electron chi connectivity index (χ3n) is 7.26. The van der Waals surface area contributed by atoms with E-state index in [4.69, 9.17) is 4.42 Å². The van der Waals surface area contributed by atoms with Gasteiger partial charge < -0.3 is 15.1 Å². The van der Waals surface area contributed by atoms with Crippen molar-refractivity contribution in [3.05, 3.63) is 77.0 Å². The van der Waals surface area contributed by atoms with Crippen LogP contribution >= 0.6 is 0 Å². The van der Waals surface area contributed by atoms with Crippen LogP contribution in [-0.2, 0) is 6.42 Å². The number of furan rings is 1. The average Bonchev–Trinajstić information content (AvgIpc) is 3.31. The number of hydrogen-bond acceptors (Lipinski definition) is 5. The zero-order chi connectivity index (χ0) is 30.2. The zero-order valence-electron chi connectivity index (χ0n) is 22.2. The summed E-state index contributed by atoms with van der Waals surface area (Å²) in [5.41, 5.74) is -1.07. The van der Waals surface area contributed by atoms with Crippen molar-refractivity contribution in [2.75, 3.05) is 7.05 Å². The number of nitriles is 1. The number of aryl methyl sites for hydroxylation is 1. The molecule has 1 saturated carbocycles. The molecule has 4 aromatic rings. The zero-order valence-corrected chi connectivity index (χ0v) is 22.2. The van der Waals surface area contributed by atoms with Crippen LogP contribution in [0, 0.1) is 23.0 Å². The SMILES string of the molecule is CNC(=O)c1c(-c2ccc(F)cc2)oc2nc(CCC(F)(F)F)c(-c3ccc(F)c(C(=O)NC4(C#N)CCC4)c3)cc12. The Hall–Kier alpha value is -4.79. The molecule has 2 heterocycles. The summed E-state index contributed by atoms with van der Waals surface area (Å²) in [6, 6.07) is 12.0. The molecule has 12 heteroatoms. The number of hydrogen-bond donors (Lipinski definition) is 2. The molecule has 7 nitrogen and oxygen atoms in total. The number of amides is 2. The Morgan fingerprint density at radius 2 is 1.74 bits per heavy atom. The Morgan fingerprint density at radius 1 is 1.05 bits per heavy atom. The van der Waals surface area contributed by atoms with Crippen molar-refractivity contribution in [3.8, 4) is 28.5 Å². The van der Waals surface area contributed by atoms with Crippen molar-refractivity contribution in [2.24, 2.45) is 0 Å². The molecule has 1 aliphatic rings. The fourth-order valence-electron chi connectivity index (χ4n) is 4.86. The molecular formula is C30H23F5N4O3. The highest BCUT2D eigenvalue weighted by molar-refractivity contribution is 6.11. The van der Waals surface area contributed by atoms with Gasteiger partial charge in [0.05, 0.1) is 28.3 Å². The van der Waals surface area contributed by atoms with Gasteiger partial charge in [-0.1, -0.05) is 6.07 Å². The van der Waals surface area contributed by atoms with Crippen molar-refractivity contribution in [1.29, 1.82) is 5.26 Å². The highest BCUT2D eigenvalue weighted by Crippen LogP contribution is 2.38. The Morgan fingerprint density at radius 3 is 2.33 bits per heavy atom. The van der Waals surface area contributed by atoms with Crippen LogP contribution in [0.15, 0.2) is 52.9 Å². The van der Waals surface area contributed by atoms with Crippen LogP contribution in [0.25, 0.3) is 33.6 Å². The Bertz CT molecular complexity index is 1740. The van der Waals surface area contributed by atoms with E-state index in [0.717, 1.165) is 24.6 Å². The lowest BCUT2D eigenvalue weighted by Gasteiger charge is -2.35. The number of alkyl halides is 3. The van der Waals surface area contributed by atoms with Gasteiger partial charge in [0.25, 0.3) is 11.8 Å². The number of nitrogens with one attached hydrogen (secondary N) is 2. The first-order valence-corrected chi connectivity index (χ1v) is 13.0. The molecule has 1 fully saturated rings. The van der Waals surface area contributed by atoms with Crippen LogP contribution in [0.1, 0.15) is 52.1 Å². The van der Waals surface area contributed by atoms with E-state index in [1.807, 2.05) is 6.07 Å². The molecule has 216 valence electrons. The van der Waals surface area contributed by atoms with Gasteiger partial charge in [-0.05, 0) is 73.7 Å². The van der Waals surface area contributed by atoms with E-state index in [1.165, 1.54) is 37.4 Å². The summed E-state index contributed by atoms with van der Waals surface area (Å²) in [7, 11) is 1.38. The molecule has 2 N–H and O–H groups in total. The molecule has 2 amide bonds. The van der Waals surface area contributed by atoms with Crippen molar-refractivity contribution in [2.45, 2.75) is 43.8 Å². The number of rotatable bonds is 7.